The Labute approximate surface area is 112 Å². The number of thioether (sulfide) groups is 1. The number of halogens is 1. The van der Waals surface area contributed by atoms with Crippen LogP contribution in [0.1, 0.15) is 26.3 Å². The molecule has 0 radical (unpaired) electrons. The lowest BCUT2D eigenvalue weighted by atomic mass is 9.87. The van der Waals surface area contributed by atoms with E-state index >= 15 is 0 Å². The Morgan fingerprint density at radius 1 is 1.35 bits per heavy atom. The molecule has 0 fully saturated rings. The third-order valence-corrected chi connectivity index (χ3v) is 3.98. The minimum Gasteiger partial charge on any atom is -0.507 e. The zero-order chi connectivity index (χ0) is 13.1. The molecule has 96 valence electrons. The van der Waals surface area contributed by atoms with Crippen LogP contribution in [0, 0.1) is 0 Å². The SMILES string of the molecule is CC(C)(C)c1ccc(O)c(SCC(O)CCl)c1. The normalized spacial score (nSPS) is 13.7. The third-order valence-electron chi connectivity index (χ3n) is 2.44. The van der Waals surface area contributed by atoms with Crippen molar-refractivity contribution in [2.24, 2.45) is 0 Å². The van der Waals surface area contributed by atoms with Crippen molar-refractivity contribution in [3.8, 4) is 5.75 Å². The van der Waals surface area contributed by atoms with E-state index in [-0.39, 0.29) is 17.0 Å². The van der Waals surface area contributed by atoms with Gasteiger partial charge in [-0.15, -0.1) is 23.4 Å². The van der Waals surface area contributed by atoms with Crippen LogP contribution in [-0.4, -0.2) is 27.9 Å². The van der Waals surface area contributed by atoms with Crippen molar-refractivity contribution < 1.29 is 10.2 Å². The van der Waals surface area contributed by atoms with Gasteiger partial charge >= 0.3 is 0 Å². The summed E-state index contributed by atoms with van der Waals surface area (Å²) in [6.07, 6.45) is -0.542. The molecule has 0 amide bonds. The maximum atomic E-state index is 9.75. The second-order valence-corrected chi connectivity index (χ2v) is 6.42. The van der Waals surface area contributed by atoms with Crippen LogP contribution in [0.25, 0.3) is 0 Å². The fraction of sp³-hybridized carbons (Fsp3) is 0.538. The summed E-state index contributed by atoms with van der Waals surface area (Å²) in [4.78, 5) is 0.793. The van der Waals surface area contributed by atoms with E-state index in [2.05, 4.69) is 20.8 Å². The van der Waals surface area contributed by atoms with Gasteiger partial charge in [-0.25, -0.2) is 0 Å². The Morgan fingerprint density at radius 2 is 2.00 bits per heavy atom. The van der Waals surface area contributed by atoms with E-state index in [4.69, 9.17) is 11.6 Å². The maximum absolute atomic E-state index is 9.75. The predicted molar refractivity (Wildman–Crippen MR) is 74.3 cm³/mol. The Bertz CT molecular complexity index is 374. The van der Waals surface area contributed by atoms with E-state index in [1.807, 2.05) is 12.1 Å². The van der Waals surface area contributed by atoms with Gasteiger partial charge in [-0.3, -0.25) is 0 Å². The first-order valence-corrected chi connectivity index (χ1v) is 7.07. The summed E-state index contributed by atoms with van der Waals surface area (Å²) in [5, 5.41) is 19.2. The Hall–Kier alpha value is -0.380. The Balaban J connectivity index is 2.84. The largest absolute Gasteiger partial charge is 0.507 e. The summed E-state index contributed by atoms with van der Waals surface area (Å²) in [6, 6.07) is 5.61. The molecule has 17 heavy (non-hydrogen) atoms. The van der Waals surface area contributed by atoms with Gasteiger partial charge in [-0.05, 0) is 23.1 Å². The molecule has 1 unspecified atom stereocenters. The molecule has 0 aromatic heterocycles. The van der Waals surface area contributed by atoms with Crippen molar-refractivity contribution in [2.75, 3.05) is 11.6 Å². The van der Waals surface area contributed by atoms with Gasteiger partial charge in [0.05, 0.1) is 6.10 Å². The molecule has 0 saturated carbocycles. The summed E-state index contributed by atoms with van der Waals surface area (Å²) in [7, 11) is 0. The highest BCUT2D eigenvalue weighted by Gasteiger charge is 2.16. The monoisotopic (exact) mass is 274 g/mol. The van der Waals surface area contributed by atoms with Crippen molar-refractivity contribution in [3.63, 3.8) is 0 Å². The van der Waals surface area contributed by atoms with Crippen LogP contribution < -0.4 is 0 Å². The van der Waals surface area contributed by atoms with E-state index in [0.29, 0.717) is 5.75 Å². The molecular formula is C13H19ClO2S. The van der Waals surface area contributed by atoms with Crippen molar-refractivity contribution in [1.82, 2.24) is 0 Å². The van der Waals surface area contributed by atoms with Gasteiger partial charge in [-0.1, -0.05) is 26.8 Å². The summed E-state index contributed by atoms with van der Waals surface area (Å²) >= 11 is 6.96. The Kier molecular flexibility index (Phi) is 5.17. The average Bonchev–Trinajstić information content (AvgIpc) is 2.26. The average molecular weight is 275 g/mol. The highest BCUT2D eigenvalue weighted by Crippen LogP contribution is 2.33. The minimum absolute atomic E-state index is 0.0497. The van der Waals surface area contributed by atoms with Crippen molar-refractivity contribution in [3.05, 3.63) is 23.8 Å². The molecule has 1 aromatic rings. The molecule has 1 atom stereocenters. The van der Waals surface area contributed by atoms with Crippen LogP contribution in [0.15, 0.2) is 23.1 Å². The van der Waals surface area contributed by atoms with Gasteiger partial charge in [0.15, 0.2) is 0 Å². The molecule has 0 bridgehead atoms. The van der Waals surface area contributed by atoms with Crippen LogP contribution in [0.3, 0.4) is 0 Å². The molecule has 0 heterocycles. The first kappa shape index (κ1) is 14.7. The van der Waals surface area contributed by atoms with E-state index in [1.165, 1.54) is 11.8 Å². The lowest BCUT2D eigenvalue weighted by Gasteiger charge is -2.20. The standard InChI is InChI=1S/C13H19ClO2S/c1-13(2,3)9-4-5-11(16)12(6-9)17-8-10(15)7-14/h4-6,10,15-16H,7-8H2,1-3H3. The maximum Gasteiger partial charge on any atom is 0.129 e. The number of aliphatic hydroxyl groups excluding tert-OH is 1. The number of phenols is 1. The highest BCUT2D eigenvalue weighted by molar-refractivity contribution is 7.99. The van der Waals surface area contributed by atoms with Crippen molar-refractivity contribution in [2.45, 2.75) is 37.2 Å². The van der Waals surface area contributed by atoms with Gasteiger partial charge < -0.3 is 10.2 Å². The van der Waals surface area contributed by atoms with Crippen LogP contribution >= 0.6 is 23.4 Å². The molecule has 0 saturated heterocycles. The summed E-state index contributed by atoms with van der Waals surface area (Å²) in [5.41, 5.74) is 1.21. The highest BCUT2D eigenvalue weighted by atomic mass is 35.5. The number of benzene rings is 1. The van der Waals surface area contributed by atoms with E-state index in [1.54, 1.807) is 6.07 Å². The molecule has 0 aliphatic rings. The van der Waals surface area contributed by atoms with Gasteiger partial charge in [-0.2, -0.15) is 0 Å². The lowest BCUT2D eigenvalue weighted by Crippen LogP contribution is -2.12. The quantitative estimate of drug-likeness (QED) is 0.653. The molecule has 2 N–H and O–H groups in total. The summed E-state index contributed by atoms with van der Waals surface area (Å²) in [5.74, 6) is 0.960. The molecule has 4 heteroatoms. The molecule has 0 aliphatic heterocycles. The number of aliphatic hydroxyl groups is 1. The first-order chi connectivity index (χ1) is 7.84. The summed E-state index contributed by atoms with van der Waals surface area (Å²) < 4.78 is 0. The second kappa shape index (κ2) is 5.98. The van der Waals surface area contributed by atoms with Crippen LogP contribution in [0.5, 0.6) is 5.75 Å². The predicted octanol–water partition coefficient (Wildman–Crippen LogP) is 3.38. The number of hydrogen-bond donors (Lipinski definition) is 2. The molecule has 1 rings (SSSR count). The third kappa shape index (κ3) is 4.41. The van der Waals surface area contributed by atoms with E-state index in [9.17, 15) is 10.2 Å². The zero-order valence-electron chi connectivity index (χ0n) is 10.4. The number of rotatable bonds is 4. The number of aromatic hydroxyl groups is 1. The zero-order valence-corrected chi connectivity index (χ0v) is 12.0. The summed E-state index contributed by atoms with van der Waals surface area (Å²) in [6.45, 7) is 6.38. The molecular weight excluding hydrogens is 256 g/mol. The Morgan fingerprint density at radius 3 is 2.53 bits per heavy atom. The smallest absolute Gasteiger partial charge is 0.129 e. The fourth-order valence-electron chi connectivity index (χ4n) is 1.33. The van der Waals surface area contributed by atoms with Gasteiger partial charge in [0.2, 0.25) is 0 Å². The second-order valence-electron chi connectivity index (χ2n) is 5.05. The van der Waals surface area contributed by atoms with Gasteiger partial charge in [0.1, 0.15) is 5.75 Å². The molecule has 1 aromatic carbocycles. The molecule has 0 spiro atoms. The van der Waals surface area contributed by atoms with Crippen LogP contribution in [-0.2, 0) is 5.41 Å². The first-order valence-electron chi connectivity index (χ1n) is 5.55. The minimum atomic E-state index is -0.542. The van der Waals surface area contributed by atoms with Gasteiger partial charge in [0, 0.05) is 16.5 Å². The van der Waals surface area contributed by atoms with Crippen molar-refractivity contribution >= 4 is 23.4 Å². The molecule has 0 aliphatic carbocycles. The number of hydrogen-bond acceptors (Lipinski definition) is 3. The topological polar surface area (TPSA) is 40.5 Å². The lowest BCUT2D eigenvalue weighted by molar-refractivity contribution is 0.223. The van der Waals surface area contributed by atoms with E-state index < -0.39 is 6.10 Å². The molecule has 2 nitrogen and oxygen atoms in total. The number of alkyl halides is 1. The van der Waals surface area contributed by atoms with Crippen LogP contribution in [0.2, 0.25) is 0 Å². The fourth-order valence-corrected chi connectivity index (χ4v) is 2.48. The number of phenolic OH excluding ortho intramolecular Hbond substituents is 1. The van der Waals surface area contributed by atoms with Crippen molar-refractivity contribution in [1.29, 1.82) is 0 Å². The van der Waals surface area contributed by atoms with Gasteiger partial charge in [0.25, 0.3) is 0 Å². The van der Waals surface area contributed by atoms with Crippen LogP contribution in [0.4, 0.5) is 0 Å². The van der Waals surface area contributed by atoms with E-state index in [0.717, 1.165) is 10.5 Å².